The lowest BCUT2D eigenvalue weighted by molar-refractivity contribution is -0.384. The van der Waals surface area contributed by atoms with Gasteiger partial charge in [-0.25, -0.2) is 4.98 Å². The van der Waals surface area contributed by atoms with Crippen molar-refractivity contribution in [3.8, 4) is 0 Å². The van der Waals surface area contributed by atoms with Gasteiger partial charge in [-0.05, 0) is 13.0 Å². The highest BCUT2D eigenvalue weighted by molar-refractivity contribution is 5.76. The molecule has 20 heavy (non-hydrogen) atoms. The highest BCUT2D eigenvalue weighted by Crippen LogP contribution is 2.25. The second-order valence-corrected chi connectivity index (χ2v) is 4.10. The molecule has 8 heteroatoms. The van der Waals surface area contributed by atoms with E-state index in [-0.39, 0.29) is 30.4 Å². The smallest absolute Gasteiger partial charge is 0.314 e. The van der Waals surface area contributed by atoms with Gasteiger partial charge >= 0.3 is 5.69 Å². The topological polar surface area (TPSA) is 106 Å². The summed E-state index contributed by atoms with van der Waals surface area (Å²) < 4.78 is 4.81. The van der Waals surface area contributed by atoms with E-state index in [4.69, 9.17) is 4.74 Å². The number of nitrogens with zero attached hydrogens (tertiary/aromatic N) is 2. The molecule has 1 aromatic heterocycles. The van der Waals surface area contributed by atoms with Crippen molar-refractivity contribution in [2.75, 3.05) is 32.1 Å². The van der Waals surface area contributed by atoms with Crippen molar-refractivity contribution >= 4 is 17.4 Å². The van der Waals surface area contributed by atoms with E-state index in [1.165, 1.54) is 6.20 Å². The Balaban J connectivity index is 2.48. The molecule has 0 aliphatic rings. The van der Waals surface area contributed by atoms with Crippen LogP contribution < -0.4 is 10.6 Å². The number of carbonyl (C=O) groups is 1. The highest BCUT2D eigenvalue weighted by Gasteiger charge is 2.18. The second-order valence-electron chi connectivity index (χ2n) is 4.10. The standard InChI is InChI=1S/C12H18N4O4/c1-9-3-5-14-12(11(9)16(18)19)15-6-4-10(17)13-7-8-20-2/h3,5H,4,6-8H2,1-2H3,(H,13,17)(H,14,15). The minimum Gasteiger partial charge on any atom is -0.383 e. The van der Waals surface area contributed by atoms with E-state index in [2.05, 4.69) is 15.6 Å². The zero-order chi connectivity index (χ0) is 15.0. The lowest BCUT2D eigenvalue weighted by Crippen LogP contribution is -2.28. The zero-order valence-electron chi connectivity index (χ0n) is 11.5. The van der Waals surface area contributed by atoms with Crippen LogP contribution in [0.3, 0.4) is 0 Å². The van der Waals surface area contributed by atoms with Crippen LogP contribution >= 0.6 is 0 Å². The fourth-order valence-corrected chi connectivity index (χ4v) is 1.59. The van der Waals surface area contributed by atoms with Crippen LogP contribution in [0.15, 0.2) is 12.3 Å². The first-order valence-corrected chi connectivity index (χ1v) is 6.15. The maximum Gasteiger partial charge on any atom is 0.314 e. The molecule has 1 amide bonds. The highest BCUT2D eigenvalue weighted by atomic mass is 16.6. The van der Waals surface area contributed by atoms with E-state index < -0.39 is 4.92 Å². The maximum atomic E-state index is 11.4. The van der Waals surface area contributed by atoms with Crippen LogP contribution in [0.2, 0.25) is 0 Å². The Hall–Kier alpha value is -2.22. The average molecular weight is 282 g/mol. The summed E-state index contributed by atoms with van der Waals surface area (Å²) in [5.74, 6) is 0.0320. The molecular weight excluding hydrogens is 264 g/mol. The van der Waals surface area contributed by atoms with E-state index in [1.807, 2.05) is 0 Å². The molecule has 0 aliphatic carbocycles. The summed E-state index contributed by atoms with van der Waals surface area (Å²) in [7, 11) is 1.55. The summed E-state index contributed by atoms with van der Waals surface area (Å²) in [5.41, 5.74) is 0.462. The van der Waals surface area contributed by atoms with Gasteiger partial charge in [-0.15, -0.1) is 0 Å². The van der Waals surface area contributed by atoms with Gasteiger partial charge in [0.2, 0.25) is 11.7 Å². The van der Waals surface area contributed by atoms with Crippen LogP contribution in [0, 0.1) is 17.0 Å². The number of hydrogen-bond acceptors (Lipinski definition) is 6. The molecule has 2 N–H and O–H groups in total. The van der Waals surface area contributed by atoms with Crippen molar-refractivity contribution in [1.82, 2.24) is 10.3 Å². The molecular formula is C12H18N4O4. The van der Waals surface area contributed by atoms with Gasteiger partial charge in [-0.3, -0.25) is 14.9 Å². The molecule has 0 saturated heterocycles. The number of nitrogens with one attached hydrogen (secondary N) is 2. The van der Waals surface area contributed by atoms with Gasteiger partial charge in [0.25, 0.3) is 0 Å². The number of hydrogen-bond donors (Lipinski definition) is 2. The predicted octanol–water partition coefficient (Wildman–Crippen LogP) is 0.863. The van der Waals surface area contributed by atoms with Gasteiger partial charge in [-0.2, -0.15) is 0 Å². The Labute approximate surface area is 116 Å². The molecule has 0 atom stereocenters. The van der Waals surface area contributed by atoms with Crippen molar-refractivity contribution in [1.29, 1.82) is 0 Å². The number of methoxy groups -OCH3 is 1. The molecule has 0 aromatic carbocycles. The fraction of sp³-hybridized carbons (Fsp3) is 0.500. The van der Waals surface area contributed by atoms with Crippen LogP contribution in [0.25, 0.3) is 0 Å². The summed E-state index contributed by atoms with van der Waals surface area (Å²) in [6, 6.07) is 1.57. The Kier molecular flexibility index (Phi) is 6.38. The number of amides is 1. The minimum absolute atomic E-state index is 0.0627. The van der Waals surface area contributed by atoms with Crippen molar-refractivity contribution in [2.45, 2.75) is 13.3 Å². The SMILES string of the molecule is COCCNC(=O)CCNc1nccc(C)c1[N+](=O)[O-]. The van der Waals surface area contributed by atoms with E-state index in [0.717, 1.165) is 0 Å². The quantitative estimate of drug-likeness (QED) is 0.416. The van der Waals surface area contributed by atoms with Crippen molar-refractivity contribution < 1.29 is 14.5 Å². The lowest BCUT2D eigenvalue weighted by atomic mass is 10.2. The zero-order valence-corrected chi connectivity index (χ0v) is 11.5. The number of carbonyl (C=O) groups excluding carboxylic acids is 1. The van der Waals surface area contributed by atoms with E-state index in [0.29, 0.717) is 18.7 Å². The Bertz CT molecular complexity index is 479. The lowest BCUT2D eigenvalue weighted by Gasteiger charge is -2.08. The molecule has 1 aromatic rings. The van der Waals surface area contributed by atoms with Crippen molar-refractivity contribution in [3.05, 3.63) is 27.9 Å². The first kappa shape index (κ1) is 15.8. The maximum absolute atomic E-state index is 11.4. The van der Waals surface area contributed by atoms with E-state index in [9.17, 15) is 14.9 Å². The normalized spacial score (nSPS) is 10.1. The molecule has 0 fully saturated rings. The molecule has 0 unspecified atom stereocenters. The predicted molar refractivity (Wildman–Crippen MR) is 73.6 cm³/mol. The van der Waals surface area contributed by atoms with Crippen molar-refractivity contribution in [3.63, 3.8) is 0 Å². The second kappa shape index (κ2) is 8.05. The summed E-state index contributed by atoms with van der Waals surface area (Å²) in [4.78, 5) is 25.8. The Morgan fingerprint density at radius 1 is 1.50 bits per heavy atom. The summed E-state index contributed by atoms with van der Waals surface area (Å²) in [6.45, 7) is 2.81. The van der Waals surface area contributed by atoms with Crippen molar-refractivity contribution in [2.24, 2.45) is 0 Å². The molecule has 1 rings (SSSR count). The molecule has 8 nitrogen and oxygen atoms in total. The van der Waals surface area contributed by atoms with Crippen LogP contribution in [0.1, 0.15) is 12.0 Å². The fourth-order valence-electron chi connectivity index (χ4n) is 1.59. The molecule has 0 bridgehead atoms. The van der Waals surface area contributed by atoms with Gasteiger partial charge in [-0.1, -0.05) is 0 Å². The Morgan fingerprint density at radius 3 is 2.90 bits per heavy atom. The third-order valence-corrected chi connectivity index (χ3v) is 2.58. The monoisotopic (exact) mass is 282 g/mol. The molecule has 0 saturated carbocycles. The van der Waals surface area contributed by atoms with Crippen LogP contribution in [-0.2, 0) is 9.53 Å². The molecule has 0 radical (unpaired) electrons. The Morgan fingerprint density at radius 2 is 2.25 bits per heavy atom. The third-order valence-electron chi connectivity index (χ3n) is 2.58. The van der Waals surface area contributed by atoms with E-state index in [1.54, 1.807) is 20.1 Å². The van der Waals surface area contributed by atoms with Gasteiger partial charge in [0.1, 0.15) is 0 Å². The third kappa shape index (κ3) is 4.81. The first-order valence-electron chi connectivity index (χ1n) is 6.15. The molecule has 110 valence electrons. The first-order chi connectivity index (χ1) is 9.56. The number of rotatable bonds is 8. The number of anilines is 1. The van der Waals surface area contributed by atoms with Crippen LogP contribution in [-0.4, -0.2) is 42.6 Å². The number of ether oxygens (including phenoxy) is 1. The molecule has 1 heterocycles. The van der Waals surface area contributed by atoms with Gasteiger partial charge in [0, 0.05) is 38.4 Å². The van der Waals surface area contributed by atoms with Crippen LogP contribution in [0.4, 0.5) is 11.5 Å². The molecule has 0 aliphatic heterocycles. The number of pyridine rings is 1. The largest absolute Gasteiger partial charge is 0.383 e. The summed E-state index contributed by atoms with van der Waals surface area (Å²) >= 11 is 0. The summed E-state index contributed by atoms with van der Waals surface area (Å²) in [5, 5.41) is 16.4. The molecule has 0 spiro atoms. The number of aromatic nitrogens is 1. The number of nitro groups is 1. The van der Waals surface area contributed by atoms with Gasteiger partial charge in [0.05, 0.1) is 11.5 Å². The minimum atomic E-state index is -0.483. The number of aryl methyl sites for hydroxylation is 1. The van der Waals surface area contributed by atoms with Gasteiger partial charge < -0.3 is 15.4 Å². The van der Waals surface area contributed by atoms with E-state index >= 15 is 0 Å². The van der Waals surface area contributed by atoms with Crippen LogP contribution in [0.5, 0.6) is 0 Å². The average Bonchev–Trinajstić information content (AvgIpc) is 2.38. The summed E-state index contributed by atoms with van der Waals surface area (Å²) in [6.07, 6.45) is 1.69. The van der Waals surface area contributed by atoms with Gasteiger partial charge in [0.15, 0.2) is 0 Å².